The largest absolute Gasteiger partial charge is 0.464 e. The number of carbonyl (C=O) groups excluding carboxylic acids is 1. The molecule has 78 valence electrons. The Morgan fingerprint density at radius 2 is 2.40 bits per heavy atom. The number of thiophene rings is 1. The highest BCUT2D eigenvalue weighted by atomic mass is 32.1. The van der Waals surface area contributed by atoms with Gasteiger partial charge >= 0.3 is 5.97 Å². The maximum Gasteiger partial charge on any atom is 0.358 e. The molecule has 2 aromatic heterocycles. The second-order valence-corrected chi connectivity index (χ2v) is 4.54. The molecule has 0 saturated heterocycles. The van der Waals surface area contributed by atoms with Crippen LogP contribution < -0.4 is 5.73 Å². The van der Waals surface area contributed by atoms with Gasteiger partial charge in [-0.05, 0) is 16.8 Å². The number of nitrogens with zero attached hydrogens (tertiary/aromatic N) is 1. The van der Waals surface area contributed by atoms with E-state index in [0.717, 1.165) is 10.4 Å². The fraction of sp³-hybridized carbons (Fsp3) is 0.111. The lowest BCUT2D eigenvalue weighted by molar-refractivity contribution is 0.0596. The smallest absolute Gasteiger partial charge is 0.358 e. The Bertz CT molecular complexity index is 476. The number of aromatic nitrogens is 1. The number of thiazole rings is 1. The van der Waals surface area contributed by atoms with Crippen LogP contribution in [0.3, 0.4) is 0 Å². The summed E-state index contributed by atoms with van der Waals surface area (Å²) in [5.74, 6) is -0.454. The zero-order chi connectivity index (χ0) is 10.8. The van der Waals surface area contributed by atoms with Gasteiger partial charge in [0, 0.05) is 5.56 Å². The second kappa shape index (κ2) is 4.00. The lowest BCUT2D eigenvalue weighted by atomic mass is 10.2. The molecule has 0 bridgehead atoms. The first-order valence-corrected chi connectivity index (χ1v) is 5.85. The number of carbonyl (C=O) groups is 1. The summed E-state index contributed by atoms with van der Waals surface area (Å²) in [6.45, 7) is 0. The van der Waals surface area contributed by atoms with Gasteiger partial charge in [-0.3, -0.25) is 0 Å². The summed E-state index contributed by atoms with van der Waals surface area (Å²) in [4.78, 5) is 16.1. The number of ether oxygens (including phenoxy) is 1. The van der Waals surface area contributed by atoms with Gasteiger partial charge in [-0.2, -0.15) is 11.3 Å². The molecule has 0 radical (unpaired) electrons. The van der Waals surface area contributed by atoms with Crippen molar-refractivity contribution in [3.8, 4) is 10.4 Å². The molecule has 0 atom stereocenters. The fourth-order valence-corrected chi connectivity index (χ4v) is 2.70. The van der Waals surface area contributed by atoms with Crippen molar-refractivity contribution in [1.29, 1.82) is 0 Å². The molecule has 0 fully saturated rings. The van der Waals surface area contributed by atoms with Crippen LogP contribution in [0.25, 0.3) is 10.4 Å². The Kier molecular flexibility index (Phi) is 2.70. The first-order valence-electron chi connectivity index (χ1n) is 4.09. The van der Waals surface area contributed by atoms with Crippen LogP contribution in [-0.4, -0.2) is 18.1 Å². The van der Waals surface area contributed by atoms with Crippen molar-refractivity contribution in [2.24, 2.45) is 0 Å². The van der Waals surface area contributed by atoms with Gasteiger partial charge in [-0.25, -0.2) is 9.78 Å². The van der Waals surface area contributed by atoms with E-state index in [2.05, 4.69) is 9.72 Å². The molecule has 2 rings (SSSR count). The van der Waals surface area contributed by atoms with Crippen molar-refractivity contribution in [1.82, 2.24) is 4.98 Å². The highest BCUT2D eigenvalue weighted by Crippen LogP contribution is 2.33. The van der Waals surface area contributed by atoms with E-state index in [1.807, 2.05) is 16.8 Å². The Morgan fingerprint density at radius 3 is 3.00 bits per heavy atom. The van der Waals surface area contributed by atoms with Gasteiger partial charge in [0.25, 0.3) is 0 Å². The molecule has 2 aromatic rings. The second-order valence-electron chi connectivity index (χ2n) is 2.73. The standard InChI is InChI=1S/C9H8N2O2S2/c1-13-8(12)6-7(15-9(10)11-6)5-2-3-14-4-5/h2-4H,1H3,(H2,10,11). The molecule has 15 heavy (non-hydrogen) atoms. The highest BCUT2D eigenvalue weighted by molar-refractivity contribution is 7.19. The first kappa shape index (κ1) is 10.1. The van der Waals surface area contributed by atoms with Crippen molar-refractivity contribution >= 4 is 33.8 Å². The minimum atomic E-state index is -0.454. The van der Waals surface area contributed by atoms with Crippen molar-refractivity contribution < 1.29 is 9.53 Å². The number of nitrogens with two attached hydrogens (primary N) is 1. The van der Waals surface area contributed by atoms with Gasteiger partial charge in [0.05, 0.1) is 12.0 Å². The number of methoxy groups -OCH3 is 1. The fourth-order valence-electron chi connectivity index (χ4n) is 1.16. The van der Waals surface area contributed by atoms with Gasteiger partial charge in [0.1, 0.15) is 0 Å². The summed E-state index contributed by atoms with van der Waals surface area (Å²) in [7, 11) is 1.33. The number of nitrogen functional groups attached to an aromatic ring is 1. The third-order valence-corrected chi connectivity index (χ3v) is 3.42. The van der Waals surface area contributed by atoms with Gasteiger partial charge < -0.3 is 10.5 Å². The lowest BCUT2D eigenvalue weighted by Crippen LogP contribution is -2.03. The van der Waals surface area contributed by atoms with E-state index >= 15 is 0 Å². The minimum Gasteiger partial charge on any atom is -0.464 e. The molecule has 0 unspecified atom stereocenters. The summed E-state index contributed by atoms with van der Waals surface area (Å²) < 4.78 is 4.64. The van der Waals surface area contributed by atoms with Gasteiger partial charge in [0.15, 0.2) is 10.8 Å². The van der Waals surface area contributed by atoms with E-state index in [0.29, 0.717) is 10.8 Å². The average molecular weight is 240 g/mol. The Labute approximate surface area is 94.3 Å². The molecule has 4 nitrogen and oxygen atoms in total. The lowest BCUT2D eigenvalue weighted by Gasteiger charge is -1.96. The van der Waals surface area contributed by atoms with Crippen LogP contribution >= 0.6 is 22.7 Å². The van der Waals surface area contributed by atoms with E-state index in [4.69, 9.17) is 5.73 Å². The molecule has 0 spiro atoms. The number of esters is 1. The first-order chi connectivity index (χ1) is 7.22. The molecular weight excluding hydrogens is 232 g/mol. The minimum absolute atomic E-state index is 0.290. The topological polar surface area (TPSA) is 65.2 Å². The van der Waals surface area contributed by atoms with Crippen molar-refractivity contribution in [2.45, 2.75) is 0 Å². The van der Waals surface area contributed by atoms with Crippen LogP contribution in [0.4, 0.5) is 5.13 Å². The van der Waals surface area contributed by atoms with E-state index in [9.17, 15) is 4.79 Å². The summed E-state index contributed by atoms with van der Waals surface area (Å²) in [5, 5.41) is 4.25. The summed E-state index contributed by atoms with van der Waals surface area (Å²) >= 11 is 2.85. The number of rotatable bonds is 2. The maximum atomic E-state index is 11.4. The van der Waals surface area contributed by atoms with Gasteiger partial charge in [-0.1, -0.05) is 11.3 Å². The monoisotopic (exact) mass is 240 g/mol. The molecular formula is C9H8N2O2S2. The Morgan fingerprint density at radius 1 is 1.60 bits per heavy atom. The van der Waals surface area contributed by atoms with Crippen LogP contribution in [0, 0.1) is 0 Å². The Hall–Kier alpha value is -1.40. The molecule has 0 amide bonds. The highest BCUT2D eigenvalue weighted by Gasteiger charge is 2.19. The Balaban J connectivity index is 2.52. The van der Waals surface area contributed by atoms with E-state index in [1.165, 1.54) is 18.4 Å². The number of anilines is 1. The van der Waals surface area contributed by atoms with E-state index < -0.39 is 5.97 Å². The molecule has 2 heterocycles. The van der Waals surface area contributed by atoms with Crippen LogP contribution in [0.15, 0.2) is 16.8 Å². The van der Waals surface area contributed by atoms with Crippen molar-refractivity contribution in [3.63, 3.8) is 0 Å². The molecule has 0 aliphatic carbocycles. The van der Waals surface area contributed by atoms with Crippen molar-refractivity contribution in [3.05, 3.63) is 22.5 Å². The van der Waals surface area contributed by atoms with Gasteiger partial charge in [0.2, 0.25) is 0 Å². The predicted molar refractivity (Wildman–Crippen MR) is 61.2 cm³/mol. The van der Waals surface area contributed by atoms with Crippen LogP contribution in [0.5, 0.6) is 0 Å². The zero-order valence-electron chi connectivity index (χ0n) is 7.89. The molecule has 0 aliphatic rings. The zero-order valence-corrected chi connectivity index (χ0v) is 9.52. The van der Waals surface area contributed by atoms with E-state index in [1.54, 1.807) is 11.3 Å². The SMILES string of the molecule is COC(=O)c1nc(N)sc1-c1ccsc1. The van der Waals surface area contributed by atoms with E-state index in [-0.39, 0.29) is 0 Å². The number of hydrogen-bond donors (Lipinski definition) is 1. The predicted octanol–water partition coefficient (Wildman–Crippen LogP) is 2.24. The molecule has 2 N–H and O–H groups in total. The summed E-state index contributed by atoms with van der Waals surface area (Å²) in [6.07, 6.45) is 0. The summed E-state index contributed by atoms with van der Waals surface area (Å²) in [6, 6.07) is 1.92. The average Bonchev–Trinajstić information content (AvgIpc) is 2.84. The van der Waals surface area contributed by atoms with Crippen LogP contribution in [0.2, 0.25) is 0 Å². The van der Waals surface area contributed by atoms with Crippen LogP contribution in [-0.2, 0) is 4.74 Å². The summed E-state index contributed by atoms with van der Waals surface area (Å²) in [5.41, 5.74) is 6.82. The van der Waals surface area contributed by atoms with Crippen LogP contribution in [0.1, 0.15) is 10.5 Å². The van der Waals surface area contributed by atoms with Gasteiger partial charge in [-0.15, -0.1) is 0 Å². The molecule has 6 heteroatoms. The molecule has 0 aliphatic heterocycles. The third kappa shape index (κ3) is 1.86. The maximum absolute atomic E-state index is 11.4. The third-order valence-electron chi connectivity index (χ3n) is 1.81. The molecule has 0 aromatic carbocycles. The number of hydrogen-bond acceptors (Lipinski definition) is 6. The normalized spacial score (nSPS) is 10.2. The quantitative estimate of drug-likeness (QED) is 0.817. The molecule has 0 saturated carbocycles. The van der Waals surface area contributed by atoms with Crippen molar-refractivity contribution in [2.75, 3.05) is 12.8 Å².